The lowest BCUT2D eigenvalue weighted by atomic mass is 10.0. The Bertz CT molecular complexity index is 366. The number of rotatable bonds is 3. The van der Waals surface area contributed by atoms with Crippen molar-refractivity contribution in [1.29, 1.82) is 0 Å². The lowest BCUT2D eigenvalue weighted by molar-refractivity contribution is -0.141. The summed E-state index contributed by atoms with van der Waals surface area (Å²) in [5.41, 5.74) is 4.23. The van der Waals surface area contributed by atoms with Gasteiger partial charge in [-0.2, -0.15) is 0 Å². The van der Waals surface area contributed by atoms with Crippen molar-refractivity contribution in [2.75, 3.05) is 0 Å². The van der Waals surface area contributed by atoms with Crippen LogP contribution in [-0.4, -0.2) is 27.2 Å². The van der Waals surface area contributed by atoms with Gasteiger partial charge >= 0.3 is 5.97 Å². The number of carboxylic acid groups (broad SMARTS) is 1. The van der Waals surface area contributed by atoms with Crippen LogP contribution in [-0.2, 0) is 4.79 Å². The van der Waals surface area contributed by atoms with Crippen molar-refractivity contribution in [1.82, 2.24) is 4.98 Å². The summed E-state index contributed by atoms with van der Waals surface area (Å²) in [7, 11) is 0. The molecule has 0 bridgehead atoms. The molecule has 0 radical (unpaired) electrons. The zero-order valence-corrected chi connectivity index (χ0v) is 7.39. The number of nitrogens with zero attached hydrogens (tertiary/aromatic N) is 1. The molecular formula is C8H8F2N2O3. The van der Waals surface area contributed by atoms with Gasteiger partial charge in [0.25, 0.3) is 0 Å². The van der Waals surface area contributed by atoms with Gasteiger partial charge in [-0.3, -0.25) is 9.78 Å². The third-order valence-electron chi connectivity index (χ3n) is 1.81. The van der Waals surface area contributed by atoms with Gasteiger partial charge in [0.1, 0.15) is 23.8 Å². The van der Waals surface area contributed by atoms with Crippen molar-refractivity contribution in [2.24, 2.45) is 5.73 Å². The summed E-state index contributed by atoms with van der Waals surface area (Å²) in [5, 5.41) is 17.8. The van der Waals surface area contributed by atoms with Gasteiger partial charge in [0.05, 0.1) is 18.0 Å². The minimum atomic E-state index is -1.95. The van der Waals surface area contributed by atoms with Crippen LogP contribution in [0.1, 0.15) is 11.7 Å². The Hall–Kier alpha value is -1.60. The first-order chi connectivity index (χ1) is 6.95. The van der Waals surface area contributed by atoms with E-state index in [1.165, 1.54) is 0 Å². The van der Waals surface area contributed by atoms with Gasteiger partial charge in [-0.05, 0) is 0 Å². The van der Waals surface area contributed by atoms with Gasteiger partial charge in [-0.15, -0.1) is 0 Å². The van der Waals surface area contributed by atoms with E-state index in [0.29, 0.717) is 12.4 Å². The maximum atomic E-state index is 13.0. The number of nitrogens with two attached hydrogens (primary N) is 1. The number of aromatic nitrogens is 1. The molecule has 0 spiro atoms. The molecule has 15 heavy (non-hydrogen) atoms. The molecule has 1 rings (SSSR count). The van der Waals surface area contributed by atoms with Gasteiger partial charge in [0.15, 0.2) is 0 Å². The second-order valence-electron chi connectivity index (χ2n) is 2.83. The molecule has 0 aromatic carbocycles. The molecule has 5 nitrogen and oxygen atoms in total. The lowest BCUT2D eigenvalue weighted by Crippen LogP contribution is -2.37. The zero-order valence-electron chi connectivity index (χ0n) is 7.39. The molecular weight excluding hydrogens is 210 g/mol. The number of halogens is 2. The van der Waals surface area contributed by atoms with E-state index in [1.807, 2.05) is 0 Å². The Morgan fingerprint density at radius 3 is 2.27 bits per heavy atom. The standard InChI is InChI=1S/C8H8F2N2O3/c9-3-1-12-2-4(10)5(3)7(13)6(11)8(14)15/h1-2,6-7,13H,11H2,(H,14,15). The fourth-order valence-corrected chi connectivity index (χ4v) is 1.02. The molecule has 4 N–H and O–H groups in total. The van der Waals surface area contributed by atoms with Gasteiger partial charge in [-0.1, -0.05) is 0 Å². The van der Waals surface area contributed by atoms with Crippen LogP contribution in [0.2, 0.25) is 0 Å². The van der Waals surface area contributed by atoms with Gasteiger partial charge < -0.3 is 15.9 Å². The highest BCUT2D eigenvalue weighted by molar-refractivity contribution is 5.74. The monoisotopic (exact) mass is 218 g/mol. The largest absolute Gasteiger partial charge is 0.480 e. The van der Waals surface area contributed by atoms with Crippen LogP contribution in [0.4, 0.5) is 8.78 Å². The molecule has 0 aliphatic carbocycles. The number of pyridine rings is 1. The number of aliphatic hydroxyl groups excluding tert-OH is 1. The van der Waals surface area contributed by atoms with Crippen LogP contribution in [0.25, 0.3) is 0 Å². The first kappa shape index (κ1) is 11.5. The van der Waals surface area contributed by atoms with Crippen LogP contribution in [0.5, 0.6) is 0 Å². The molecule has 7 heteroatoms. The SMILES string of the molecule is NC(C(=O)O)C(O)c1c(F)cncc1F. The summed E-state index contributed by atoms with van der Waals surface area (Å²) in [6.45, 7) is 0. The number of carboxylic acids is 1. The van der Waals surface area contributed by atoms with E-state index in [9.17, 15) is 18.7 Å². The molecule has 1 aromatic rings. The first-order valence-corrected chi connectivity index (χ1v) is 3.90. The number of carbonyl (C=O) groups is 1. The summed E-state index contributed by atoms with van der Waals surface area (Å²) < 4.78 is 26.0. The van der Waals surface area contributed by atoms with Crippen LogP contribution in [0, 0.1) is 11.6 Å². The van der Waals surface area contributed by atoms with Crippen molar-refractivity contribution in [3.8, 4) is 0 Å². The molecule has 1 aromatic heterocycles. The van der Waals surface area contributed by atoms with Crippen LogP contribution in [0.3, 0.4) is 0 Å². The third-order valence-corrected chi connectivity index (χ3v) is 1.81. The summed E-state index contributed by atoms with van der Waals surface area (Å²) in [6.07, 6.45) is -0.627. The third kappa shape index (κ3) is 2.25. The average Bonchev–Trinajstić information content (AvgIpc) is 2.15. The zero-order chi connectivity index (χ0) is 11.6. The molecule has 82 valence electrons. The smallest absolute Gasteiger partial charge is 0.323 e. The Balaban J connectivity index is 3.10. The van der Waals surface area contributed by atoms with Crippen molar-refractivity contribution >= 4 is 5.97 Å². The van der Waals surface area contributed by atoms with Gasteiger partial charge in [0, 0.05) is 0 Å². The van der Waals surface area contributed by atoms with E-state index in [2.05, 4.69) is 4.98 Å². The van der Waals surface area contributed by atoms with Crippen molar-refractivity contribution in [3.63, 3.8) is 0 Å². The van der Waals surface area contributed by atoms with Crippen LogP contribution >= 0.6 is 0 Å². The minimum Gasteiger partial charge on any atom is -0.480 e. The molecule has 0 aliphatic rings. The Morgan fingerprint density at radius 2 is 1.87 bits per heavy atom. The van der Waals surface area contributed by atoms with Crippen LogP contribution in [0.15, 0.2) is 12.4 Å². The number of aliphatic carboxylic acids is 1. The quantitative estimate of drug-likeness (QED) is 0.653. The number of hydrogen-bond donors (Lipinski definition) is 3. The second-order valence-corrected chi connectivity index (χ2v) is 2.83. The van der Waals surface area contributed by atoms with E-state index in [-0.39, 0.29) is 0 Å². The highest BCUT2D eigenvalue weighted by atomic mass is 19.1. The summed E-state index contributed by atoms with van der Waals surface area (Å²) in [6, 6.07) is -1.80. The van der Waals surface area contributed by atoms with Gasteiger partial charge in [-0.25, -0.2) is 8.78 Å². The normalized spacial score (nSPS) is 14.7. The first-order valence-electron chi connectivity index (χ1n) is 3.90. The molecule has 0 aliphatic heterocycles. The van der Waals surface area contributed by atoms with E-state index in [1.54, 1.807) is 0 Å². The van der Waals surface area contributed by atoms with E-state index >= 15 is 0 Å². The molecule has 0 amide bonds. The number of hydrogen-bond acceptors (Lipinski definition) is 4. The van der Waals surface area contributed by atoms with E-state index in [0.717, 1.165) is 0 Å². The summed E-state index contributed by atoms with van der Waals surface area (Å²) in [4.78, 5) is 13.6. The predicted octanol–water partition coefficient (Wildman–Crippen LogP) is -0.195. The fourth-order valence-electron chi connectivity index (χ4n) is 1.02. The molecule has 2 atom stereocenters. The molecule has 0 fully saturated rings. The molecule has 0 saturated carbocycles. The second kappa shape index (κ2) is 4.28. The molecule has 2 unspecified atom stereocenters. The van der Waals surface area contributed by atoms with E-state index in [4.69, 9.17) is 10.8 Å². The average molecular weight is 218 g/mol. The van der Waals surface area contributed by atoms with Crippen molar-refractivity contribution < 1.29 is 23.8 Å². The number of aliphatic hydroxyl groups is 1. The predicted molar refractivity (Wildman–Crippen MR) is 44.7 cm³/mol. The highest BCUT2D eigenvalue weighted by Crippen LogP contribution is 2.21. The highest BCUT2D eigenvalue weighted by Gasteiger charge is 2.28. The molecule has 1 heterocycles. The van der Waals surface area contributed by atoms with Gasteiger partial charge in [0.2, 0.25) is 0 Å². The maximum Gasteiger partial charge on any atom is 0.323 e. The fraction of sp³-hybridized carbons (Fsp3) is 0.250. The topological polar surface area (TPSA) is 96.4 Å². The Kier molecular flexibility index (Phi) is 3.28. The molecule has 0 saturated heterocycles. The van der Waals surface area contributed by atoms with E-state index < -0.39 is 35.3 Å². The lowest BCUT2D eigenvalue weighted by Gasteiger charge is -2.15. The van der Waals surface area contributed by atoms with Crippen molar-refractivity contribution in [2.45, 2.75) is 12.1 Å². The van der Waals surface area contributed by atoms with Crippen LogP contribution < -0.4 is 5.73 Å². The maximum absolute atomic E-state index is 13.0. The summed E-state index contributed by atoms with van der Waals surface area (Å²) >= 11 is 0. The Labute approximate surface area is 83.2 Å². The summed E-state index contributed by atoms with van der Waals surface area (Å²) in [5.74, 6) is -3.84. The van der Waals surface area contributed by atoms with Crippen molar-refractivity contribution in [3.05, 3.63) is 29.6 Å². The Morgan fingerprint density at radius 1 is 1.40 bits per heavy atom. The minimum absolute atomic E-state index is 0.663.